The van der Waals surface area contributed by atoms with Gasteiger partial charge in [-0.1, -0.05) is 15.9 Å². The molecule has 0 unspecified atom stereocenters. The van der Waals surface area contributed by atoms with E-state index in [0.29, 0.717) is 10.9 Å². The molecule has 1 aliphatic rings. The Kier molecular flexibility index (Phi) is 3.97. The van der Waals surface area contributed by atoms with Crippen LogP contribution >= 0.6 is 27.3 Å². The molecule has 1 aromatic rings. The summed E-state index contributed by atoms with van der Waals surface area (Å²) in [5.41, 5.74) is 2.55. The molecule has 3 nitrogen and oxygen atoms in total. The van der Waals surface area contributed by atoms with Crippen LogP contribution in [0.4, 0.5) is 0 Å². The van der Waals surface area contributed by atoms with E-state index >= 15 is 0 Å². The van der Waals surface area contributed by atoms with Gasteiger partial charge in [0.25, 0.3) is 5.91 Å². The van der Waals surface area contributed by atoms with Gasteiger partial charge in [0.05, 0.1) is 11.2 Å². The number of carbonyl (C=O) groups excluding carboxylic acids is 1. The highest BCUT2D eigenvalue weighted by Crippen LogP contribution is 2.24. The number of nitrogens with one attached hydrogen (secondary N) is 1. The summed E-state index contributed by atoms with van der Waals surface area (Å²) in [7, 11) is 0. The van der Waals surface area contributed by atoms with Crippen molar-refractivity contribution in [3.05, 3.63) is 16.1 Å². The van der Waals surface area contributed by atoms with Crippen LogP contribution in [0.25, 0.3) is 0 Å². The van der Waals surface area contributed by atoms with E-state index in [4.69, 9.17) is 0 Å². The third-order valence-electron chi connectivity index (χ3n) is 2.94. The van der Waals surface area contributed by atoms with Gasteiger partial charge >= 0.3 is 0 Å². The van der Waals surface area contributed by atoms with Crippen LogP contribution in [0.3, 0.4) is 0 Å². The van der Waals surface area contributed by atoms with E-state index in [1.54, 1.807) is 5.51 Å². The fraction of sp³-hybridized carbons (Fsp3) is 0.636. The first-order valence-corrected chi connectivity index (χ1v) is 7.31. The van der Waals surface area contributed by atoms with Crippen molar-refractivity contribution >= 4 is 33.2 Å². The molecule has 1 saturated carbocycles. The predicted molar refractivity (Wildman–Crippen MR) is 69.3 cm³/mol. The number of aryl methyl sites for hydroxylation is 1. The Labute approximate surface area is 108 Å². The van der Waals surface area contributed by atoms with Crippen LogP contribution in [0.2, 0.25) is 0 Å². The van der Waals surface area contributed by atoms with Crippen molar-refractivity contribution < 1.29 is 4.79 Å². The molecule has 0 saturated heterocycles. The van der Waals surface area contributed by atoms with Gasteiger partial charge in [0, 0.05) is 10.9 Å². The van der Waals surface area contributed by atoms with Crippen LogP contribution in [0.15, 0.2) is 5.51 Å². The number of nitrogens with zero attached hydrogens (tertiary/aromatic N) is 1. The fourth-order valence-electron chi connectivity index (χ4n) is 1.97. The lowest BCUT2D eigenvalue weighted by Crippen LogP contribution is -2.37. The molecular formula is C11H15BrN2OS. The Balaban J connectivity index is 1.91. The second kappa shape index (κ2) is 5.27. The summed E-state index contributed by atoms with van der Waals surface area (Å²) in [4.78, 5) is 17.4. The monoisotopic (exact) mass is 302 g/mol. The topological polar surface area (TPSA) is 42.0 Å². The molecule has 88 valence electrons. The third kappa shape index (κ3) is 2.83. The van der Waals surface area contributed by atoms with Crippen molar-refractivity contribution in [3.8, 4) is 0 Å². The maximum atomic E-state index is 11.9. The zero-order chi connectivity index (χ0) is 11.5. The van der Waals surface area contributed by atoms with Gasteiger partial charge in [0.15, 0.2) is 0 Å². The molecular weight excluding hydrogens is 288 g/mol. The lowest BCUT2D eigenvalue weighted by molar-refractivity contribution is 0.0931. The second-order valence-corrected chi connectivity index (χ2v) is 6.34. The Bertz CT molecular complexity index is 372. The van der Waals surface area contributed by atoms with Crippen molar-refractivity contribution in [2.75, 3.05) is 0 Å². The molecule has 2 rings (SSSR count). The summed E-state index contributed by atoms with van der Waals surface area (Å²) in [6.45, 7) is 1.88. The number of halogens is 1. The lowest BCUT2D eigenvalue weighted by Gasteiger charge is -2.25. The number of aromatic nitrogens is 1. The maximum Gasteiger partial charge on any atom is 0.263 e. The van der Waals surface area contributed by atoms with E-state index in [-0.39, 0.29) is 5.91 Å². The quantitative estimate of drug-likeness (QED) is 0.854. The first kappa shape index (κ1) is 12.0. The normalized spacial score (nSPS) is 25.4. The minimum absolute atomic E-state index is 0.0398. The van der Waals surface area contributed by atoms with E-state index in [1.165, 1.54) is 11.3 Å². The van der Waals surface area contributed by atoms with Crippen LogP contribution < -0.4 is 5.32 Å². The van der Waals surface area contributed by atoms with E-state index in [9.17, 15) is 4.79 Å². The lowest BCUT2D eigenvalue weighted by atomic mass is 9.95. The molecule has 0 bridgehead atoms. The highest BCUT2D eigenvalue weighted by Gasteiger charge is 2.22. The molecule has 1 heterocycles. The zero-order valence-corrected chi connectivity index (χ0v) is 11.6. The smallest absolute Gasteiger partial charge is 0.263 e. The molecule has 1 aliphatic carbocycles. The van der Waals surface area contributed by atoms with Crippen molar-refractivity contribution in [1.29, 1.82) is 0 Å². The highest BCUT2D eigenvalue weighted by atomic mass is 79.9. The number of rotatable bonds is 2. The largest absolute Gasteiger partial charge is 0.349 e. The number of amides is 1. The van der Waals surface area contributed by atoms with Crippen LogP contribution in [0.5, 0.6) is 0 Å². The third-order valence-corrected chi connectivity index (χ3v) is 4.79. The van der Waals surface area contributed by atoms with Crippen molar-refractivity contribution in [3.63, 3.8) is 0 Å². The molecule has 1 aromatic heterocycles. The second-order valence-electron chi connectivity index (χ2n) is 4.19. The number of carbonyl (C=O) groups is 1. The van der Waals surface area contributed by atoms with Gasteiger partial charge in [0.1, 0.15) is 4.88 Å². The van der Waals surface area contributed by atoms with Crippen LogP contribution in [-0.2, 0) is 0 Å². The van der Waals surface area contributed by atoms with E-state index in [0.717, 1.165) is 36.3 Å². The number of hydrogen-bond acceptors (Lipinski definition) is 3. The number of alkyl halides is 1. The first-order valence-electron chi connectivity index (χ1n) is 5.52. The average molecular weight is 303 g/mol. The Morgan fingerprint density at radius 3 is 2.75 bits per heavy atom. The highest BCUT2D eigenvalue weighted by molar-refractivity contribution is 9.09. The number of hydrogen-bond donors (Lipinski definition) is 1. The molecule has 0 aliphatic heterocycles. The van der Waals surface area contributed by atoms with E-state index < -0.39 is 0 Å². The van der Waals surface area contributed by atoms with Crippen molar-refractivity contribution in [1.82, 2.24) is 10.3 Å². The summed E-state index contributed by atoms with van der Waals surface area (Å²) in [6, 6.07) is 0.336. The van der Waals surface area contributed by atoms with Crippen LogP contribution in [0, 0.1) is 6.92 Å². The number of thiazole rings is 1. The van der Waals surface area contributed by atoms with Crippen LogP contribution in [-0.4, -0.2) is 21.8 Å². The Morgan fingerprint density at radius 1 is 1.50 bits per heavy atom. The first-order chi connectivity index (χ1) is 7.66. The van der Waals surface area contributed by atoms with E-state index in [2.05, 4.69) is 26.2 Å². The molecule has 0 atom stereocenters. The predicted octanol–water partition coefficient (Wildman–Crippen LogP) is 2.89. The summed E-state index contributed by atoms with van der Waals surface area (Å²) in [5.74, 6) is 0.0398. The molecule has 1 amide bonds. The maximum absolute atomic E-state index is 11.9. The zero-order valence-electron chi connectivity index (χ0n) is 9.20. The van der Waals surface area contributed by atoms with Gasteiger partial charge in [0.2, 0.25) is 0 Å². The van der Waals surface area contributed by atoms with Crippen molar-refractivity contribution in [2.24, 2.45) is 0 Å². The van der Waals surface area contributed by atoms with Gasteiger partial charge in [-0.05, 0) is 32.6 Å². The molecule has 0 spiro atoms. The summed E-state index contributed by atoms with van der Waals surface area (Å²) < 4.78 is 0. The molecule has 0 radical (unpaired) electrons. The molecule has 1 fully saturated rings. The molecule has 5 heteroatoms. The van der Waals surface area contributed by atoms with Gasteiger partial charge < -0.3 is 5.32 Å². The Morgan fingerprint density at radius 2 is 2.19 bits per heavy atom. The van der Waals surface area contributed by atoms with Gasteiger partial charge in [-0.15, -0.1) is 11.3 Å². The van der Waals surface area contributed by atoms with Crippen molar-refractivity contribution in [2.45, 2.75) is 43.5 Å². The standard InChI is InChI=1S/C11H15BrN2OS/c1-7-10(16-6-13-7)11(15)14-9-4-2-8(12)3-5-9/h6,8-9H,2-5H2,1H3,(H,14,15). The van der Waals surface area contributed by atoms with Crippen LogP contribution in [0.1, 0.15) is 41.0 Å². The Hall–Kier alpha value is -0.420. The van der Waals surface area contributed by atoms with E-state index in [1.807, 2.05) is 6.92 Å². The molecule has 16 heavy (non-hydrogen) atoms. The molecule has 1 N–H and O–H groups in total. The summed E-state index contributed by atoms with van der Waals surface area (Å²) in [5, 5.41) is 3.09. The van der Waals surface area contributed by atoms with Gasteiger partial charge in [-0.3, -0.25) is 4.79 Å². The van der Waals surface area contributed by atoms with Gasteiger partial charge in [-0.2, -0.15) is 0 Å². The molecule has 0 aromatic carbocycles. The summed E-state index contributed by atoms with van der Waals surface area (Å²) >= 11 is 5.03. The minimum atomic E-state index is 0.0398. The summed E-state index contributed by atoms with van der Waals surface area (Å²) in [6.07, 6.45) is 4.43. The van der Waals surface area contributed by atoms with Gasteiger partial charge in [-0.25, -0.2) is 4.98 Å². The fourth-order valence-corrected chi connectivity index (χ4v) is 3.20. The average Bonchev–Trinajstić information content (AvgIpc) is 2.68. The minimum Gasteiger partial charge on any atom is -0.349 e. The SMILES string of the molecule is Cc1ncsc1C(=O)NC1CCC(Br)CC1.